The summed E-state index contributed by atoms with van der Waals surface area (Å²) in [4.78, 5) is 12.1. The lowest BCUT2D eigenvalue weighted by Crippen LogP contribution is -2.42. The zero-order chi connectivity index (χ0) is 20.8. The summed E-state index contributed by atoms with van der Waals surface area (Å²) < 4.78 is 55.6. The quantitative estimate of drug-likeness (QED) is 0.524. The average molecular weight is 417 g/mol. The summed E-state index contributed by atoms with van der Waals surface area (Å²) in [6.45, 7) is 3.64. The van der Waals surface area contributed by atoms with Crippen molar-refractivity contribution in [2.45, 2.75) is 64.4 Å². The summed E-state index contributed by atoms with van der Waals surface area (Å²) in [6, 6.07) is 3.71. The van der Waals surface area contributed by atoms with E-state index in [4.69, 9.17) is 14.0 Å². The first-order valence-corrected chi connectivity index (χ1v) is 11.3. The predicted octanol–water partition coefficient (Wildman–Crippen LogP) is 4.39. The molecular formula is C20H29FO6S. The van der Waals surface area contributed by atoms with Gasteiger partial charge in [-0.3, -0.25) is 4.55 Å². The molecule has 0 unspecified atom stereocenters. The van der Waals surface area contributed by atoms with Crippen LogP contribution in [0.15, 0.2) is 18.2 Å². The Morgan fingerprint density at radius 3 is 2.36 bits per heavy atom. The molecule has 0 bridgehead atoms. The number of esters is 1. The molecule has 1 aromatic carbocycles. The molecule has 1 aliphatic rings. The Bertz CT molecular complexity index is 767. The zero-order valence-electron chi connectivity index (χ0n) is 16.4. The van der Waals surface area contributed by atoms with E-state index in [1.54, 1.807) is 0 Å². The van der Waals surface area contributed by atoms with E-state index >= 15 is 0 Å². The van der Waals surface area contributed by atoms with Gasteiger partial charge >= 0.3 is 5.97 Å². The largest absolute Gasteiger partial charge is 0.484 e. The molecule has 0 heterocycles. The molecule has 0 radical (unpaired) electrons. The van der Waals surface area contributed by atoms with E-state index in [-0.39, 0.29) is 17.2 Å². The van der Waals surface area contributed by atoms with Gasteiger partial charge in [0.25, 0.3) is 10.1 Å². The lowest BCUT2D eigenvalue weighted by Gasteiger charge is -2.39. The van der Waals surface area contributed by atoms with Crippen LogP contribution >= 0.6 is 0 Å². The van der Waals surface area contributed by atoms with Gasteiger partial charge in [0.05, 0.1) is 5.56 Å². The van der Waals surface area contributed by atoms with Crippen molar-refractivity contribution in [2.75, 3.05) is 12.4 Å². The molecule has 0 atom stereocenters. The summed E-state index contributed by atoms with van der Waals surface area (Å²) in [5.74, 6) is -1.88. The topological polar surface area (TPSA) is 89.9 Å². The normalized spacial score (nSPS) is 17.6. The molecule has 6 nitrogen and oxygen atoms in total. The fourth-order valence-corrected chi connectivity index (χ4v) is 3.85. The minimum Gasteiger partial charge on any atom is -0.484 e. The number of ether oxygens (including phenoxy) is 2. The number of hydrogen-bond acceptors (Lipinski definition) is 5. The van der Waals surface area contributed by atoms with Crippen LogP contribution in [0.4, 0.5) is 4.39 Å². The minimum absolute atomic E-state index is 0.00139. The Balaban J connectivity index is 2.17. The van der Waals surface area contributed by atoms with Crippen LogP contribution in [0.3, 0.4) is 0 Å². The highest BCUT2D eigenvalue weighted by Gasteiger charge is 2.36. The summed E-state index contributed by atoms with van der Waals surface area (Å²) >= 11 is 0. The third-order valence-electron chi connectivity index (χ3n) is 5.31. The number of carbonyl (C=O) groups excluding carboxylic acids is 1. The molecule has 1 fully saturated rings. The molecule has 158 valence electrons. The first-order valence-electron chi connectivity index (χ1n) is 9.74. The van der Waals surface area contributed by atoms with Crippen LogP contribution in [0.2, 0.25) is 0 Å². The van der Waals surface area contributed by atoms with Crippen LogP contribution in [0, 0.1) is 11.7 Å². The van der Waals surface area contributed by atoms with Crippen LogP contribution in [0.25, 0.3) is 0 Å². The van der Waals surface area contributed by atoms with E-state index < -0.39 is 39.9 Å². The maximum atomic E-state index is 14.4. The van der Waals surface area contributed by atoms with Crippen LogP contribution in [-0.2, 0) is 14.9 Å². The lowest BCUT2D eigenvalue weighted by atomic mass is 9.79. The second-order valence-electron chi connectivity index (χ2n) is 7.66. The Morgan fingerprint density at radius 2 is 1.79 bits per heavy atom. The van der Waals surface area contributed by atoms with Crippen molar-refractivity contribution < 1.29 is 31.6 Å². The van der Waals surface area contributed by atoms with Gasteiger partial charge in [-0.2, -0.15) is 8.42 Å². The average Bonchev–Trinajstić information content (AvgIpc) is 2.57. The molecule has 0 saturated heterocycles. The highest BCUT2D eigenvalue weighted by Crippen LogP contribution is 2.38. The molecular weight excluding hydrogens is 387 g/mol. The SMILES string of the molecule is CC(C)C1(Oc2cc(C(=O)OCCS(=O)(=O)O)ccc2F)CCCCCCC1. The highest BCUT2D eigenvalue weighted by molar-refractivity contribution is 7.85. The van der Waals surface area contributed by atoms with Gasteiger partial charge in [-0.15, -0.1) is 0 Å². The fourth-order valence-electron chi connectivity index (χ4n) is 3.55. The monoisotopic (exact) mass is 416 g/mol. The predicted molar refractivity (Wildman–Crippen MR) is 104 cm³/mol. The van der Waals surface area contributed by atoms with E-state index in [2.05, 4.69) is 13.8 Å². The number of halogens is 1. The first-order chi connectivity index (χ1) is 13.1. The second-order valence-corrected chi connectivity index (χ2v) is 9.23. The third-order valence-corrected chi connectivity index (χ3v) is 5.99. The zero-order valence-corrected chi connectivity index (χ0v) is 17.3. The minimum atomic E-state index is -4.22. The maximum Gasteiger partial charge on any atom is 0.338 e. The van der Waals surface area contributed by atoms with Crippen molar-refractivity contribution in [3.8, 4) is 5.75 Å². The van der Waals surface area contributed by atoms with Crippen LogP contribution in [0.1, 0.15) is 69.2 Å². The van der Waals surface area contributed by atoms with Gasteiger partial charge in [-0.25, -0.2) is 9.18 Å². The lowest BCUT2D eigenvalue weighted by molar-refractivity contribution is -0.00581. The smallest absolute Gasteiger partial charge is 0.338 e. The summed E-state index contributed by atoms with van der Waals surface area (Å²) in [5, 5.41) is 0. The molecule has 1 N–H and O–H groups in total. The van der Waals surface area contributed by atoms with E-state index in [9.17, 15) is 17.6 Å². The van der Waals surface area contributed by atoms with Gasteiger partial charge in [-0.1, -0.05) is 33.1 Å². The van der Waals surface area contributed by atoms with Crippen molar-refractivity contribution in [2.24, 2.45) is 5.92 Å². The van der Waals surface area contributed by atoms with Crippen molar-refractivity contribution in [3.05, 3.63) is 29.6 Å². The van der Waals surface area contributed by atoms with Crippen molar-refractivity contribution in [1.82, 2.24) is 0 Å². The standard InChI is InChI=1S/C20H29FO6S/c1-15(2)20(10-6-4-3-5-7-11-20)27-18-14-16(8-9-17(18)21)19(22)26-12-13-28(23,24)25/h8-9,14-15H,3-7,10-13H2,1-2H3,(H,23,24,25). The third kappa shape index (κ3) is 6.44. The van der Waals surface area contributed by atoms with E-state index in [1.165, 1.54) is 18.6 Å². The molecule has 1 aliphatic carbocycles. The van der Waals surface area contributed by atoms with Gasteiger partial charge in [0.1, 0.15) is 18.0 Å². The Labute approximate surface area is 166 Å². The Hall–Kier alpha value is -1.67. The molecule has 1 aromatic rings. The van der Waals surface area contributed by atoms with Crippen molar-refractivity contribution in [3.63, 3.8) is 0 Å². The number of rotatable bonds is 7. The molecule has 2 rings (SSSR count). The molecule has 1 saturated carbocycles. The van der Waals surface area contributed by atoms with Gasteiger partial charge in [0.2, 0.25) is 0 Å². The molecule has 0 aliphatic heterocycles. The molecule has 28 heavy (non-hydrogen) atoms. The van der Waals surface area contributed by atoms with Crippen molar-refractivity contribution in [1.29, 1.82) is 0 Å². The van der Waals surface area contributed by atoms with Gasteiger partial charge in [0.15, 0.2) is 11.6 Å². The number of carbonyl (C=O) groups is 1. The molecule has 0 amide bonds. The number of hydrogen-bond donors (Lipinski definition) is 1. The van der Waals surface area contributed by atoms with Crippen LogP contribution < -0.4 is 4.74 Å². The van der Waals surface area contributed by atoms with Gasteiger partial charge in [0, 0.05) is 0 Å². The summed E-state index contributed by atoms with van der Waals surface area (Å²) in [7, 11) is -4.22. The van der Waals surface area contributed by atoms with Crippen LogP contribution in [0.5, 0.6) is 5.75 Å². The van der Waals surface area contributed by atoms with Crippen molar-refractivity contribution >= 4 is 16.1 Å². The summed E-state index contributed by atoms with van der Waals surface area (Å²) in [6.07, 6.45) is 7.13. The maximum absolute atomic E-state index is 14.4. The summed E-state index contributed by atoms with van der Waals surface area (Å²) in [5.41, 5.74) is -0.425. The first kappa shape index (κ1) is 22.6. The van der Waals surface area contributed by atoms with Gasteiger partial charge < -0.3 is 9.47 Å². The fraction of sp³-hybridized carbons (Fsp3) is 0.650. The number of benzene rings is 1. The van der Waals surface area contributed by atoms with E-state index in [0.717, 1.165) is 44.6 Å². The molecule has 8 heteroatoms. The van der Waals surface area contributed by atoms with E-state index in [1.807, 2.05) is 0 Å². The van der Waals surface area contributed by atoms with Gasteiger partial charge in [-0.05, 0) is 49.8 Å². The highest BCUT2D eigenvalue weighted by atomic mass is 32.2. The molecule has 0 aromatic heterocycles. The second kappa shape index (κ2) is 9.69. The van der Waals surface area contributed by atoms with E-state index in [0.29, 0.717) is 0 Å². The Morgan fingerprint density at radius 1 is 1.18 bits per heavy atom. The van der Waals surface area contributed by atoms with Crippen LogP contribution in [-0.4, -0.2) is 36.9 Å². The Kier molecular flexibility index (Phi) is 7.83. The molecule has 0 spiro atoms.